The fourth-order valence-electron chi connectivity index (χ4n) is 3.22. The lowest BCUT2D eigenvalue weighted by Crippen LogP contribution is -2.79. The van der Waals surface area contributed by atoms with Crippen LogP contribution in [0.2, 0.25) is 0 Å². The maximum atomic E-state index is 13.8. The van der Waals surface area contributed by atoms with Crippen molar-refractivity contribution in [3.63, 3.8) is 0 Å². The van der Waals surface area contributed by atoms with Gasteiger partial charge in [0.1, 0.15) is 0 Å². The van der Waals surface area contributed by atoms with E-state index in [1.807, 2.05) is 0 Å². The first-order valence-corrected chi connectivity index (χ1v) is 11.3. The summed E-state index contributed by atoms with van der Waals surface area (Å²) < 4.78 is 417. The average molecular weight is 826 g/mol. The Bertz CT molecular complexity index is 1210. The van der Waals surface area contributed by atoms with E-state index in [2.05, 4.69) is 0 Å². The van der Waals surface area contributed by atoms with E-state index in [9.17, 15) is 136 Å². The van der Waals surface area contributed by atoms with Crippen LogP contribution >= 0.6 is 0 Å². The highest BCUT2D eigenvalue weighted by molar-refractivity contribution is 5.21. The summed E-state index contributed by atoms with van der Waals surface area (Å²) >= 11 is 0. The van der Waals surface area contributed by atoms with Crippen LogP contribution < -0.4 is 0 Å². The van der Waals surface area contributed by atoms with Crippen molar-refractivity contribution < 1.29 is 136 Å². The van der Waals surface area contributed by atoms with Crippen LogP contribution in [-0.2, 0) is 0 Å². The van der Waals surface area contributed by atoms with Crippen LogP contribution in [0.25, 0.3) is 0 Å². The predicted molar refractivity (Wildman–Crippen MR) is 94.8 cm³/mol. The molecule has 0 saturated heterocycles. The number of alkyl halides is 31. The Hall–Kier alpha value is -2.17. The monoisotopic (exact) mass is 826 g/mol. The van der Waals surface area contributed by atoms with E-state index in [0.717, 1.165) is 0 Å². The molecule has 0 spiro atoms. The molecule has 0 aliphatic rings. The predicted octanol–water partition coefficient (Wildman–Crippen LogP) is 11.5. The van der Waals surface area contributed by atoms with Crippen LogP contribution in [0.5, 0.6) is 0 Å². The van der Waals surface area contributed by atoms with Crippen LogP contribution in [0.3, 0.4) is 0 Å². The number of rotatable bonds is 15. The third kappa shape index (κ3) is 5.55. The molecule has 0 aliphatic carbocycles. The molecule has 302 valence electrons. The van der Waals surface area contributed by atoms with E-state index < -0.39 is 101 Å². The topological polar surface area (TPSA) is 0 Å². The normalized spacial score (nSPS) is 17.2. The van der Waals surface area contributed by atoms with E-state index in [4.69, 9.17) is 0 Å². The summed E-state index contributed by atoms with van der Waals surface area (Å²) in [6.45, 7) is 0.675. The highest BCUT2D eigenvalue weighted by Gasteiger charge is 3.01. The Morgan fingerprint density at radius 2 is 0.380 bits per heavy atom. The fourth-order valence-corrected chi connectivity index (χ4v) is 3.22. The van der Waals surface area contributed by atoms with Crippen molar-refractivity contribution in [2.24, 2.45) is 5.92 Å². The summed E-state index contributed by atoms with van der Waals surface area (Å²) in [5.41, 5.74) is 0. The van der Waals surface area contributed by atoms with Gasteiger partial charge in [0.25, 0.3) is 0 Å². The zero-order chi connectivity index (χ0) is 41.8. The molecule has 50 heavy (non-hydrogen) atoms. The van der Waals surface area contributed by atoms with Crippen LogP contribution in [0.1, 0.15) is 20.3 Å². The van der Waals surface area contributed by atoms with Crippen molar-refractivity contribution in [1.29, 1.82) is 0 Å². The van der Waals surface area contributed by atoms with Crippen molar-refractivity contribution in [3.8, 4) is 0 Å². The molecule has 0 aromatic carbocycles. The molecule has 0 atom stereocenters. The van der Waals surface area contributed by atoms with Crippen LogP contribution in [0.4, 0.5) is 136 Å². The Labute approximate surface area is 252 Å². The van der Waals surface area contributed by atoms with Crippen molar-refractivity contribution in [2.45, 2.75) is 109 Å². The lowest BCUT2D eigenvalue weighted by molar-refractivity contribution is -0.489. The molecule has 31 heteroatoms. The van der Waals surface area contributed by atoms with Gasteiger partial charge < -0.3 is 0 Å². The van der Waals surface area contributed by atoms with Gasteiger partial charge in [-0.15, -0.1) is 0 Å². The summed E-state index contributed by atoms with van der Waals surface area (Å²) in [6.07, 6.45) is -11.2. The molecule has 0 aromatic rings. The minimum absolute atomic E-state index is 0.337. The second-order valence-electron chi connectivity index (χ2n) is 10.3. The number of halogens is 31. The molecule has 0 aromatic heterocycles. The molecule has 0 heterocycles. The summed E-state index contributed by atoms with van der Waals surface area (Å²) in [6, 6.07) is 0. The van der Waals surface area contributed by atoms with Crippen LogP contribution in [-0.4, -0.2) is 89.1 Å². The SMILES string of the molecule is CC(C)CC(F)(F)C(F)(F)C(F)(F)C(F)(F)C(F)(F)C(F)(F)C(F)(F)C(F)(F)C(F)(F)C(F)(F)C(F)(F)C(F)(F)C(F)(F)C(F)(F)C(F)(F)F. The second kappa shape index (κ2) is 11.7. The molecule has 0 rings (SSSR count). The van der Waals surface area contributed by atoms with Gasteiger partial charge in [-0.05, 0) is 5.92 Å². The summed E-state index contributed by atoms with van der Waals surface area (Å²) in [4.78, 5) is 0. The zero-order valence-electron chi connectivity index (χ0n) is 22.5. The minimum Gasteiger partial charge on any atom is -0.200 e. The van der Waals surface area contributed by atoms with E-state index >= 15 is 0 Å². The molecule has 0 nitrogen and oxygen atoms in total. The summed E-state index contributed by atoms with van der Waals surface area (Å²) in [7, 11) is 0. The highest BCUT2D eigenvalue weighted by atomic mass is 19.4. The summed E-state index contributed by atoms with van der Waals surface area (Å²) in [5, 5.41) is 0. The van der Waals surface area contributed by atoms with Crippen LogP contribution in [0.15, 0.2) is 0 Å². The molecule has 0 N–H and O–H groups in total. The number of hydrogen-bond acceptors (Lipinski definition) is 0. The molecule has 0 aliphatic heterocycles. The van der Waals surface area contributed by atoms with Gasteiger partial charge in [0.15, 0.2) is 0 Å². The van der Waals surface area contributed by atoms with Gasteiger partial charge in [0.05, 0.1) is 0 Å². The first kappa shape index (κ1) is 47.8. The molecule has 0 unspecified atom stereocenters. The van der Waals surface area contributed by atoms with E-state index in [0.29, 0.717) is 13.8 Å². The lowest BCUT2D eigenvalue weighted by atomic mass is 9.82. The largest absolute Gasteiger partial charge is 0.460 e. The van der Waals surface area contributed by atoms with Crippen molar-refractivity contribution in [1.82, 2.24) is 0 Å². The zero-order valence-corrected chi connectivity index (χ0v) is 22.5. The minimum atomic E-state index is -10.0. The second-order valence-corrected chi connectivity index (χ2v) is 10.3. The van der Waals surface area contributed by atoms with Gasteiger partial charge >= 0.3 is 89.1 Å². The Balaban J connectivity index is 7.63. The fraction of sp³-hybridized carbons (Fsp3) is 1.00. The quantitative estimate of drug-likeness (QED) is 0.144. The van der Waals surface area contributed by atoms with Gasteiger partial charge in [0.2, 0.25) is 0 Å². The molecule has 0 amide bonds. The van der Waals surface area contributed by atoms with Gasteiger partial charge in [-0.2, -0.15) is 136 Å². The highest BCUT2D eigenvalue weighted by Crippen LogP contribution is 2.69. The number of hydrogen-bond donors (Lipinski definition) is 0. The maximum absolute atomic E-state index is 13.8. The van der Waals surface area contributed by atoms with Crippen molar-refractivity contribution >= 4 is 0 Å². The average Bonchev–Trinajstić information content (AvgIpc) is 2.85. The van der Waals surface area contributed by atoms with Crippen molar-refractivity contribution in [2.75, 3.05) is 0 Å². The molecular weight excluding hydrogens is 817 g/mol. The van der Waals surface area contributed by atoms with Gasteiger partial charge in [-0.25, -0.2) is 0 Å². The first-order chi connectivity index (χ1) is 20.9. The molecule has 0 radical (unpaired) electrons. The molecular formula is C19H9F31. The Kier molecular flexibility index (Phi) is 11.2. The van der Waals surface area contributed by atoms with Gasteiger partial charge in [0, 0.05) is 6.42 Å². The maximum Gasteiger partial charge on any atom is 0.460 e. The molecule has 0 bridgehead atoms. The first-order valence-electron chi connectivity index (χ1n) is 11.3. The van der Waals surface area contributed by atoms with E-state index in [1.165, 1.54) is 0 Å². The lowest BCUT2D eigenvalue weighted by Gasteiger charge is -2.46. The van der Waals surface area contributed by atoms with Crippen molar-refractivity contribution in [3.05, 3.63) is 0 Å². The summed E-state index contributed by atoms with van der Waals surface area (Å²) in [5.74, 6) is -133. The van der Waals surface area contributed by atoms with Gasteiger partial charge in [-0.3, -0.25) is 0 Å². The van der Waals surface area contributed by atoms with E-state index in [-0.39, 0.29) is 0 Å². The standard InChI is InChI=1S/C19H9F31/c1-4(2)3-5(20,21)6(22,23)7(24,25)8(26,27)9(28,29)10(30,31)11(32,33)12(34,35)13(36,37)14(38,39)15(40,41)16(42,43)17(44,45)18(46,47)19(48,49)50/h4H,3H2,1-2H3. The third-order valence-corrected chi connectivity index (χ3v) is 6.21. The smallest absolute Gasteiger partial charge is 0.200 e. The molecule has 0 fully saturated rings. The third-order valence-electron chi connectivity index (χ3n) is 6.21. The Morgan fingerprint density at radius 3 is 0.520 bits per heavy atom. The van der Waals surface area contributed by atoms with Crippen LogP contribution in [0, 0.1) is 5.92 Å². The molecule has 0 saturated carbocycles. The van der Waals surface area contributed by atoms with Gasteiger partial charge in [-0.1, -0.05) is 13.8 Å². The van der Waals surface area contributed by atoms with E-state index in [1.54, 1.807) is 0 Å². The Morgan fingerprint density at radius 1 is 0.240 bits per heavy atom.